The van der Waals surface area contributed by atoms with Crippen molar-refractivity contribution in [3.8, 4) is 0 Å². The number of carboxylic acids is 1. The van der Waals surface area contributed by atoms with E-state index >= 15 is 0 Å². The van der Waals surface area contributed by atoms with Crippen LogP contribution < -0.4 is 11.1 Å². The van der Waals surface area contributed by atoms with Crippen LogP contribution in [-0.4, -0.2) is 28.7 Å². The number of para-hydroxylation sites is 1. The van der Waals surface area contributed by atoms with Gasteiger partial charge in [-0.05, 0) is 19.1 Å². The quantitative estimate of drug-likeness (QED) is 0.728. The molecule has 1 unspecified atom stereocenters. The van der Waals surface area contributed by atoms with Crippen molar-refractivity contribution < 1.29 is 27.9 Å². The molecule has 8 heteroatoms. The van der Waals surface area contributed by atoms with Gasteiger partial charge < -0.3 is 16.2 Å². The molecule has 5 nitrogen and oxygen atoms in total. The Morgan fingerprint density at radius 1 is 1.26 bits per heavy atom. The largest absolute Gasteiger partial charge is 0.479 e. The summed E-state index contributed by atoms with van der Waals surface area (Å²) in [5.41, 5.74) is 1.78. The maximum Gasteiger partial charge on any atom is 0.422 e. The number of hydrogen-bond acceptors (Lipinski definition) is 3. The number of nitrogens with one attached hydrogen (secondary N) is 1. The molecule has 0 saturated carbocycles. The van der Waals surface area contributed by atoms with Crippen LogP contribution in [-0.2, 0) is 4.79 Å². The van der Waals surface area contributed by atoms with Crippen LogP contribution in [0.3, 0.4) is 0 Å². The number of carbonyl (C=O) groups is 2. The first kappa shape index (κ1) is 14.8. The van der Waals surface area contributed by atoms with Gasteiger partial charge in [0, 0.05) is 5.69 Å². The average Bonchev–Trinajstić information content (AvgIpc) is 2.27. The highest BCUT2D eigenvalue weighted by molar-refractivity contribution is 6.01. The summed E-state index contributed by atoms with van der Waals surface area (Å²) in [5.74, 6) is -3.41. The molecule has 0 aliphatic rings. The van der Waals surface area contributed by atoms with Gasteiger partial charge in [0.25, 0.3) is 5.91 Å². The normalized spacial score (nSPS) is 14.5. The molecule has 0 saturated heterocycles. The summed E-state index contributed by atoms with van der Waals surface area (Å²) in [6.45, 7) is 0.367. The van der Waals surface area contributed by atoms with Crippen molar-refractivity contribution in [3.63, 3.8) is 0 Å². The second-order valence-electron chi connectivity index (χ2n) is 3.97. The van der Waals surface area contributed by atoms with E-state index in [1.54, 1.807) is 0 Å². The number of benzene rings is 1. The third-order valence-electron chi connectivity index (χ3n) is 2.56. The minimum Gasteiger partial charge on any atom is -0.479 e. The first-order chi connectivity index (χ1) is 8.59. The van der Waals surface area contributed by atoms with E-state index in [0.717, 1.165) is 0 Å². The molecule has 1 aromatic rings. The molecular weight excluding hydrogens is 265 g/mol. The van der Waals surface area contributed by atoms with Crippen LogP contribution in [0.2, 0.25) is 0 Å². The molecule has 104 valence electrons. The highest BCUT2D eigenvalue weighted by atomic mass is 19.4. The van der Waals surface area contributed by atoms with Crippen LogP contribution in [0.4, 0.5) is 18.9 Å². The van der Waals surface area contributed by atoms with Crippen molar-refractivity contribution >= 4 is 17.6 Å². The molecule has 0 bridgehead atoms. The number of rotatable bonds is 3. The smallest absolute Gasteiger partial charge is 0.422 e. The molecule has 1 amide bonds. The summed E-state index contributed by atoms with van der Waals surface area (Å²) in [6.07, 6.45) is -5.14. The lowest BCUT2D eigenvalue weighted by molar-refractivity contribution is -0.203. The second kappa shape index (κ2) is 4.79. The molecule has 0 radical (unpaired) electrons. The minimum atomic E-state index is -5.14. The summed E-state index contributed by atoms with van der Waals surface area (Å²) >= 11 is 0. The van der Waals surface area contributed by atoms with Crippen LogP contribution >= 0.6 is 0 Å². The number of amides is 1. The fraction of sp³-hybridized carbons (Fsp3) is 0.273. The van der Waals surface area contributed by atoms with Gasteiger partial charge >= 0.3 is 12.1 Å². The SMILES string of the molecule is CC(NC(=O)c1ccccc1N)(C(=O)O)C(F)(F)F. The number of aliphatic carboxylic acids is 1. The van der Waals surface area contributed by atoms with Crippen molar-refractivity contribution in [2.75, 3.05) is 5.73 Å². The van der Waals surface area contributed by atoms with Gasteiger partial charge in [-0.15, -0.1) is 0 Å². The Labute approximate surface area is 106 Å². The Bertz CT molecular complexity index is 516. The van der Waals surface area contributed by atoms with E-state index < -0.39 is 23.6 Å². The zero-order valence-electron chi connectivity index (χ0n) is 9.78. The number of alkyl halides is 3. The number of carboxylic acid groups (broad SMARTS) is 1. The predicted molar refractivity (Wildman–Crippen MR) is 60.4 cm³/mol. The van der Waals surface area contributed by atoms with E-state index in [2.05, 4.69) is 0 Å². The Balaban J connectivity index is 3.10. The number of hydrogen-bond donors (Lipinski definition) is 3. The Morgan fingerprint density at radius 3 is 2.21 bits per heavy atom. The molecule has 0 heterocycles. The third-order valence-corrected chi connectivity index (χ3v) is 2.56. The van der Waals surface area contributed by atoms with Gasteiger partial charge in [0.1, 0.15) is 0 Å². The topological polar surface area (TPSA) is 92.4 Å². The Morgan fingerprint density at radius 2 is 1.79 bits per heavy atom. The number of halogens is 3. The van der Waals surface area contributed by atoms with Crippen LogP contribution in [0, 0.1) is 0 Å². The molecular formula is C11H11F3N2O3. The lowest BCUT2D eigenvalue weighted by Crippen LogP contribution is -2.61. The van der Waals surface area contributed by atoms with Gasteiger partial charge in [0.15, 0.2) is 0 Å². The van der Waals surface area contributed by atoms with Crippen LogP contribution in [0.1, 0.15) is 17.3 Å². The van der Waals surface area contributed by atoms with E-state index in [4.69, 9.17) is 10.8 Å². The fourth-order valence-corrected chi connectivity index (χ4v) is 1.24. The molecule has 1 atom stereocenters. The predicted octanol–water partition coefficient (Wildman–Crippen LogP) is 1.40. The monoisotopic (exact) mass is 276 g/mol. The summed E-state index contributed by atoms with van der Waals surface area (Å²) in [6, 6.07) is 5.41. The lowest BCUT2D eigenvalue weighted by atomic mass is 10.0. The van der Waals surface area contributed by atoms with Gasteiger partial charge in [-0.1, -0.05) is 12.1 Å². The van der Waals surface area contributed by atoms with E-state index in [-0.39, 0.29) is 11.3 Å². The van der Waals surface area contributed by atoms with E-state index in [1.807, 2.05) is 0 Å². The maximum atomic E-state index is 12.7. The van der Waals surface area contributed by atoms with Crippen molar-refractivity contribution in [3.05, 3.63) is 29.8 Å². The van der Waals surface area contributed by atoms with Crippen molar-refractivity contribution in [1.82, 2.24) is 5.32 Å². The molecule has 0 aliphatic heterocycles. The van der Waals surface area contributed by atoms with Crippen molar-refractivity contribution in [2.45, 2.75) is 18.6 Å². The highest BCUT2D eigenvalue weighted by Crippen LogP contribution is 2.31. The van der Waals surface area contributed by atoms with Crippen LogP contribution in [0.25, 0.3) is 0 Å². The van der Waals surface area contributed by atoms with E-state index in [9.17, 15) is 22.8 Å². The zero-order chi connectivity index (χ0) is 14.8. The van der Waals surface area contributed by atoms with Gasteiger partial charge in [-0.25, -0.2) is 4.79 Å². The summed E-state index contributed by atoms with van der Waals surface area (Å²) in [7, 11) is 0. The molecule has 4 N–H and O–H groups in total. The van der Waals surface area contributed by atoms with Gasteiger partial charge in [-0.3, -0.25) is 4.79 Å². The van der Waals surface area contributed by atoms with Gasteiger partial charge in [-0.2, -0.15) is 13.2 Å². The van der Waals surface area contributed by atoms with Crippen molar-refractivity contribution in [1.29, 1.82) is 0 Å². The Kier molecular flexibility index (Phi) is 3.73. The van der Waals surface area contributed by atoms with E-state index in [1.165, 1.54) is 29.6 Å². The maximum absolute atomic E-state index is 12.7. The standard InChI is InChI=1S/C11H11F3N2O3/c1-10(9(18)19,11(12,13)14)16-8(17)6-4-2-3-5-7(6)15/h2-5H,15H2,1H3,(H,16,17)(H,18,19). The Hall–Kier alpha value is -2.25. The molecule has 0 fully saturated rings. The zero-order valence-corrected chi connectivity index (χ0v) is 9.78. The minimum absolute atomic E-state index is 0.0464. The summed E-state index contributed by atoms with van der Waals surface area (Å²) in [4.78, 5) is 22.4. The van der Waals surface area contributed by atoms with Gasteiger partial charge in [0.05, 0.1) is 5.56 Å². The first-order valence-electron chi connectivity index (χ1n) is 5.06. The van der Waals surface area contributed by atoms with E-state index in [0.29, 0.717) is 6.92 Å². The summed E-state index contributed by atoms with van der Waals surface area (Å²) in [5, 5.41) is 10.1. The first-order valence-corrected chi connectivity index (χ1v) is 5.06. The molecule has 0 aromatic heterocycles. The number of nitrogens with two attached hydrogens (primary N) is 1. The van der Waals surface area contributed by atoms with Gasteiger partial charge in [0.2, 0.25) is 5.54 Å². The molecule has 19 heavy (non-hydrogen) atoms. The average molecular weight is 276 g/mol. The molecule has 0 spiro atoms. The number of anilines is 1. The molecule has 0 aliphatic carbocycles. The fourth-order valence-electron chi connectivity index (χ4n) is 1.24. The highest BCUT2D eigenvalue weighted by Gasteiger charge is 2.58. The number of nitrogen functional groups attached to an aromatic ring is 1. The van der Waals surface area contributed by atoms with Crippen molar-refractivity contribution in [2.24, 2.45) is 0 Å². The number of carbonyl (C=O) groups excluding carboxylic acids is 1. The summed E-state index contributed by atoms with van der Waals surface area (Å²) < 4.78 is 38.1. The lowest BCUT2D eigenvalue weighted by Gasteiger charge is -2.28. The molecule has 1 aromatic carbocycles. The molecule has 1 rings (SSSR count). The van der Waals surface area contributed by atoms with Crippen LogP contribution in [0.15, 0.2) is 24.3 Å². The third kappa shape index (κ3) is 2.78. The second-order valence-corrected chi connectivity index (χ2v) is 3.97. The van der Waals surface area contributed by atoms with Crippen LogP contribution in [0.5, 0.6) is 0 Å².